The van der Waals surface area contributed by atoms with Crippen LogP contribution >= 0.6 is 0 Å². The van der Waals surface area contributed by atoms with Crippen LogP contribution in [0.2, 0.25) is 0 Å². The molecule has 0 aromatic rings. The molecule has 0 rings (SSSR count). The summed E-state index contributed by atoms with van der Waals surface area (Å²) in [5, 5.41) is 0. The van der Waals surface area contributed by atoms with E-state index in [1.165, 1.54) is 0 Å². The van der Waals surface area contributed by atoms with Gasteiger partial charge < -0.3 is 15.2 Å². The molecule has 4 heteroatoms. The lowest BCUT2D eigenvalue weighted by Gasteiger charge is -2.25. The number of ether oxygens (including phenoxy) is 2. The number of hydrogen-bond acceptors (Lipinski definition) is 3. The van der Waals surface area contributed by atoms with Gasteiger partial charge in [-0.2, -0.15) is 0 Å². The first-order valence-electron chi connectivity index (χ1n) is 5.83. The molecule has 96 valence electrons. The predicted octanol–water partition coefficient (Wildman–Crippen LogP) is 1.72. The van der Waals surface area contributed by atoms with Crippen molar-refractivity contribution in [3.8, 4) is 0 Å². The van der Waals surface area contributed by atoms with Crippen LogP contribution in [0.3, 0.4) is 0 Å². The quantitative estimate of drug-likeness (QED) is 0.615. The lowest BCUT2D eigenvalue weighted by Crippen LogP contribution is -2.32. The Kier molecular flexibility index (Phi) is 7.34. The topological polar surface area (TPSA) is 61.6 Å². The molecule has 0 aliphatic carbocycles. The van der Waals surface area contributed by atoms with E-state index in [1.54, 1.807) is 0 Å². The Morgan fingerprint density at radius 1 is 1.31 bits per heavy atom. The Morgan fingerprint density at radius 2 is 1.94 bits per heavy atom. The van der Waals surface area contributed by atoms with Gasteiger partial charge in [0.15, 0.2) is 0 Å². The molecule has 0 fully saturated rings. The van der Waals surface area contributed by atoms with Crippen LogP contribution in [-0.4, -0.2) is 31.3 Å². The van der Waals surface area contributed by atoms with E-state index >= 15 is 0 Å². The highest BCUT2D eigenvalue weighted by atomic mass is 16.5. The van der Waals surface area contributed by atoms with Gasteiger partial charge in [0.05, 0.1) is 18.8 Å². The first-order chi connectivity index (χ1) is 7.33. The van der Waals surface area contributed by atoms with Crippen molar-refractivity contribution in [2.75, 3.05) is 19.8 Å². The maximum Gasteiger partial charge on any atom is 0.219 e. The van der Waals surface area contributed by atoms with Crippen LogP contribution in [0.25, 0.3) is 0 Å². The van der Waals surface area contributed by atoms with Gasteiger partial charge in [-0.15, -0.1) is 0 Å². The third-order valence-electron chi connectivity index (χ3n) is 2.13. The number of nitrogens with two attached hydrogens (primary N) is 1. The highest BCUT2D eigenvalue weighted by Gasteiger charge is 2.18. The fourth-order valence-corrected chi connectivity index (χ4v) is 1.10. The molecule has 0 atom stereocenters. The molecule has 0 spiro atoms. The molecule has 0 aromatic carbocycles. The molecule has 0 heterocycles. The minimum Gasteiger partial charge on any atom is -0.378 e. The van der Waals surface area contributed by atoms with Crippen molar-refractivity contribution in [3.63, 3.8) is 0 Å². The van der Waals surface area contributed by atoms with Crippen LogP contribution in [-0.2, 0) is 14.3 Å². The van der Waals surface area contributed by atoms with Crippen LogP contribution in [0.15, 0.2) is 0 Å². The van der Waals surface area contributed by atoms with Crippen LogP contribution in [0.5, 0.6) is 0 Å². The van der Waals surface area contributed by atoms with Gasteiger partial charge in [0, 0.05) is 13.0 Å². The van der Waals surface area contributed by atoms with E-state index in [0.717, 1.165) is 13.0 Å². The fraction of sp³-hybridized carbons (Fsp3) is 0.917. The SMILES string of the molecule is CC(C)CCOC(C)(C)COCCC(N)=O. The van der Waals surface area contributed by atoms with Gasteiger partial charge in [0.25, 0.3) is 0 Å². The van der Waals surface area contributed by atoms with Crippen LogP contribution < -0.4 is 5.73 Å². The molecule has 4 nitrogen and oxygen atoms in total. The van der Waals surface area contributed by atoms with Crippen LogP contribution in [0.1, 0.15) is 40.5 Å². The summed E-state index contributed by atoms with van der Waals surface area (Å²) >= 11 is 0. The molecule has 16 heavy (non-hydrogen) atoms. The molecular formula is C12H25NO3. The zero-order valence-corrected chi connectivity index (χ0v) is 10.9. The van der Waals surface area contributed by atoms with E-state index in [2.05, 4.69) is 13.8 Å². The third-order valence-corrected chi connectivity index (χ3v) is 2.13. The van der Waals surface area contributed by atoms with Crippen molar-refractivity contribution < 1.29 is 14.3 Å². The molecule has 0 unspecified atom stereocenters. The second-order valence-corrected chi connectivity index (χ2v) is 5.06. The normalized spacial score (nSPS) is 12.1. The summed E-state index contributed by atoms with van der Waals surface area (Å²) in [7, 11) is 0. The molecule has 0 bridgehead atoms. The number of primary amides is 1. The van der Waals surface area contributed by atoms with Crippen molar-refractivity contribution in [2.45, 2.75) is 46.1 Å². The van der Waals surface area contributed by atoms with E-state index in [4.69, 9.17) is 15.2 Å². The first-order valence-corrected chi connectivity index (χ1v) is 5.83. The summed E-state index contributed by atoms with van der Waals surface area (Å²) in [4.78, 5) is 10.5. The van der Waals surface area contributed by atoms with Crippen molar-refractivity contribution in [1.82, 2.24) is 0 Å². The zero-order valence-electron chi connectivity index (χ0n) is 10.9. The number of carbonyl (C=O) groups is 1. The van der Waals surface area contributed by atoms with E-state index in [0.29, 0.717) is 19.1 Å². The summed E-state index contributed by atoms with van der Waals surface area (Å²) in [5.41, 5.74) is 4.71. The lowest BCUT2D eigenvalue weighted by molar-refractivity contribution is -0.120. The molecule has 0 saturated heterocycles. The van der Waals surface area contributed by atoms with Gasteiger partial charge in [0.2, 0.25) is 5.91 Å². The first kappa shape index (κ1) is 15.4. The van der Waals surface area contributed by atoms with Crippen molar-refractivity contribution >= 4 is 5.91 Å². The van der Waals surface area contributed by atoms with Gasteiger partial charge in [-0.05, 0) is 26.2 Å². The third kappa shape index (κ3) is 9.93. The highest BCUT2D eigenvalue weighted by molar-refractivity contribution is 5.73. The van der Waals surface area contributed by atoms with Crippen molar-refractivity contribution in [2.24, 2.45) is 11.7 Å². The summed E-state index contributed by atoms with van der Waals surface area (Å²) in [5.74, 6) is 0.310. The predicted molar refractivity (Wildman–Crippen MR) is 64.1 cm³/mol. The van der Waals surface area contributed by atoms with Crippen LogP contribution in [0, 0.1) is 5.92 Å². The smallest absolute Gasteiger partial charge is 0.219 e. The van der Waals surface area contributed by atoms with Crippen molar-refractivity contribution in [1.29, 1.82) is 0 Å². The van der Waals surface area contributed by atoms with Gasteiger partial charge in [-0.1, -0.05) is 13.8 Å². The number of hydrogen-bond donors (Lipinski definition) is 1. The van der Waals surface area contributed by atoms with Crippen molar-refractivity contribution in [3.05, 3.63) is 0 Å². The average Bonchev–Trinajstić information content (AvgIpc) is 2.11. The maximum atomic E-state index is 10.5. The standard InChI is InChI=1S/C12H25NO3/c1-10(2)5-8-16-12(3,4)9-15-7-6-11(13)14/h10H,5-9H2,1-4H3,(H2,13,14). The molecule has 0 radical (unpaired) electrons. The minimum atomic E-state index is -0.335. The molecule has 0 aliphatic heterocycles. The Morgan fingerprint density at radius 3 is 2.44 bits per heavy atom. The van der Waals surface area contributed by atoms with E-state index in [9.17, 15) is 4.79 Å². The maximum absolute atomic E-state index is 10.5. The number of carbonyl (C=O) groups excluding carboxylic acids is 1. The van der Waals surface area contributed by atoms with Gasteiger partial charge in [-0.3, -0.25) is 4.79 Å². The zero-order chi connectivity index (χ0) is 12.6. The average molecular weight is 231 g/mol. The van der Waals surface area contributed by atoms with Crippen LogP contribution in [0.4, 0.5) is 0 Å². The second kappa shape index (κ2) is 7.63. The molecule has 1 amide bonds. The molecule has 2 N–H and O–H groups in total. The summed E-state index contributed by atoms with van der Waals surface area (Å²) in [6.07, 6.45) is 1.31. The summed E-state index contributed by atoms with van der Waals surface area (Å²) in [6, 6.07) is 0. The highest BCUT2D eigenvalue weighted by Crippen LogP contribution is 2.12. The molecule has 0 saturated carbocycles. The Labute approximate surface area is 98.5 Å². The van der Waals surface area contributed by atoms with Gasteiger partial charge in [0.1, 0.15) is 0 Å². The summed E-state index contributed by atoms with van der Waals surface area (Å²) in [6.45, 7) is 9.89. The Balaban J connectivity index is 3.57. The molecular weight excluding hydrogens is 206 g/mol. The Hall–Kier alpha value is -0.610. The monoisotopic (exact) mass is 231 g/mol. The van der Waals surface area contributed by atoms with Gasteiger partial charge in [-0.25, -0.2) is 0 Å². The molecule has 0 aliphatic rings. The molecule has 0 aromatic heterocycles. The van der Waals surface area contributed by atoms with E-state index in [1.807, 2.05) is 13.8 Å². The van der Waals surface area contributed by atoms with E-state index in [-0.39, 0.29) is 17.9 Å². The summed E-state index contributed by atoms with van der Waals surface area (Å²) < 4.78 is 11.0. The van der Waals surface area contributed by atoms with E-state index < -0.39 is 0 Å². The second-order valence-electron chi connectivity index (χ2n) is 5.06. The Bertz CT molecular complexity index is 202. The minimum absolute atomic E-state index is 0.266. The fourth-order valence-electron chi connectivity index (χ4n) is 1.10. The number of rotatable bonds is 9. The largest absolute Gasteiger partial charge is 0.378 e. The lowest BCUT2D eigenvalue weighted by atomic mass is 10.1. The van der Waals surface area contributed by atoms with Gasteiger partial charge >= 0.3 is 0 Å². The number of amides is 1.